The molecule has 3 atom stereocenters. The molecular weight excluding hydrogens is 347 g/mol. The molecule has 1 aromatic rings. The Morgan fingerprint density at radius 1 is 1.25 bits per heavy atom. The second kappa shape index (κ2) is 7.01. The number of carboxylic acid groups (broad SMARTS) is 1. The summed E-state index contributed by atoms with van der Waals surface area (Å²) >= 11 is 5.54. The molecule has 0 heterocycles. The number of carbonyl (C=O) groups excluding carboxylic acids is 1. The lowest BCUT2D eigenvalue weighted by Crippen LogP contribution is -2.38. The van der Waals surface area contributed by atoms with Crippen LogP contribution in [0.5, 0.6) is 0 Å². The number of nitrogens with one attached hydrogen (secondary N) is 1. The number of rotatable bonds is 3. The van der Waals surface area contributed by atoms with Gasteiger partial charge in [0.1, 0.15) is 0 Å². The van der Waals surface area contributed by atoms with Gasteiger partial charge in [-0.25, -0.2) is 0 Å². The lowest BCUT2D eigenvalue weighted by molar-refractivity contribution is -0.148. The Kier molecular flexibility index (Phi) is 5.42. The van der Waals surface area contributed by atoms with Crippen LogP contribution in [0, 0.1) is 17.8 Å². The van der Waals surface area contributed by atoms with Crippen LogP contribution in [0.2, 0.25) is 5.02 Å². The standard InChI is InChI=1S/C16H17ClF3NO3/c1-8-2-4-10(11(6-8)15(23)24)14(22)21-9-3-5-13(17)12(7-9)16(18,19)20/h3,5,7-8,10-11H,2,4,6H2,1H3,(H,21,22)(H,23,24). The van der Waals surface area contributed by atoms with Crippen molar-refractivity contribution >= 4 is 29.2 Å². The quantitative estimate of drug-likeness (QED) is 0.834. The number of aliphatic carboxylic acids is 1. The van der Waals surface area contributed by atoms with Crippen molar-refractivity contribution in [2.75, 3.05) is 5.32 Å². The molecule has 0 aromatic heterocycles. The van der Waals surface area contributed by atoms with Gasteiger partial charge < -0.3 is 10.4 Å². The summed E-state index contributed by atoms with van der Waals surface area (Å²) in [6, 6.07) is 3.07. The van der Waals surface area contributed by atoms with E-state index < -0.39 is 40.5 Å². The van der Waals surface area contributed by atoms with Gasteiger partial charge in [0.25, 0.3) is 0 Å². The fraction of sp³-hybridized carbons (Fsp3) is 0.500. The van der Waals surface area contributed by atoms with Crippen molar-refractivity contribution in [3.05, 3.63) is 28.8 Å². The van der Waals surface area contributed by atoms with E-state index in [0.717, 1.165) is 12.1 Å². The van der Waals surface area contributed by atoms with Crippen molar-refractivity contribution < 1.29 is 27.9 Å². The zero-order valence-corrected chi connectivity index (χ0v) is 13.6. The third kappa shape index (κ3) is 4.20. The third-order valence-electron chi connectivity index (χ3n) is 4.31. The number of carboxylic acids is 1. The van der Waals surface area contributed by atoms with Crippen LogP contribution in [0.4, 0.5) is 18.9 Å². The maximum absolute atomic E-state index is 12.9. The van der Waals surface area contributed by atoms with Crippen molar-refractivity contribution in [3.8, 4) is 0 Å². The molecule has 2 N–H and O–H groups in total. The summed E-state index contributed by atoms with van der Waals surface area (Å²) in [5.41, 5.74) is -1.10. The van der Waals surface area contributed by atoms with Crippen molar-refractivity contribution in [1.29, 1.82) is 0 Å². The molecular formula is C16H17ClF3NO3. The van der Waals surface area contributed by atoms with E-state index in [1.165, 1.54) is 6.07 Å². The summed E-state index contributed by atoms with van der Waals surface area (Å²) in [6.07, 6.45) is -3.16. The number of alkyl halides is 3. The molecule has 0 spiro atoms. The Morgan fingerprint density at radius 3 is 2.50 bits per heavy atom. The number of carbonyl (C=O) groups is 2. The van der Waals surface area contributed by atoms with E-state index >= 15 is 0 Å². The second-order valence-corrected chi connectivity index (χ2v) is 6.56. The Morgan fingerprint density at radius 2 is 1.92 bits per heavy atom. The monoisotopic (exact) mass is 363 g/mol. The number of hydrogen-bond acceptors (Lipinski definition) is 2. The molecule has 2 rings (SSSR count). The molecule has 1 fully saturated rings. The molecule has 0 saturated heterocycles. The highest BCUT2D eigenvalue weighted by Crippen LogP contribution is 2.37. The molecule has 0 radical (unpaired) electrons. The van der Waals surface area contributed by atoms with Crippen LogP contribution in [0.1, 0.15) is 31.7 Å². The van der Waals surface area contributed by atoms with Gasteiger partial charge in [-0.15, -0.1) is 0 Å². The fourth-order valence-electron chi connectivity index (χ4n) is 3.02. The van der Waals surface area contributed by atoms with Gasteiger partial charge in [-0.2, -0.15) is 13.2 Å². The molecule has 0 bridgehead atoms. The molecule has 1 aliphatic rings. The Balaban J connectivity index is 2.18. The Hall–Kier alpha value is -1.76. The third-order valence-corrected chi connectivity index (χ3v) is 4.64. The largest absolute Gasteiger partial charge is 0.481 e. The van der Waals surface area contributed by atoms with Crippen molar-refractivity contribution in [1.82, 2.24) is 0 Å². The highest BCUT2D eigenvalue weighted by molar-refractivity contribution is 6.31. The zero-order chi connectivity index (χ0) is 18.1. The Labute approximate surface area is 142 Å². The van der Waals surface area contributed by atoms with Gasteiger partial charge in [-0.05, 0) is 43.4 Å². The number of hydrogen-bond donors (Lipinski definition) is 2. The average molecular weight is 364 g/mol. The van der Waals surface area contributed by atoms with Crippen molar-refractivity contribution in [2.45, 2.75) is 32.4 Å². The molecule has 4 nitrogen and oxygen atoms in total. The molecule has 1 aliphatic carbocycles. The number of amides is 1. The summed E-state index contributed by atoms with van der Waals surface area (Å²) in [4.78, 5) is 23.7. The summed E-state index contributed by atoms with van der Waals surface area (Å²) in [7, 11) is 0. The molecule has 1 aromatic carbocycles. The molecule has 3 unspecified atom stereocenters. The molecule has 1 amide bonds. The van der Waals surface area contributed by atoms with Crippen LogP contribution in [-0.2, 0) is 15.8 Å². The highest BCUT2D eigenvalue weighted by Gasteiger charge is 2.38. The minimum absolute atomic E-state index is 0.0560. The molecule has 8 heteroatoms. The van der Waals surface area contributed by atoms with Gasteiger partial charge in [0.2, 0.25) is 5.91 Å². The van der Waals surface area contributed by atoms with E-state index in [-0.39, 0.29) is 11.6 Å². The van der Waals surface area contributed by atoms with Crippen molar-refractivity contribution in [3.63, 3.8) is 0 Å². The van der Waals surface area contributed by atoms with E-state index in [1.807, 2.05) is 6.92 Å². The molecule has 24 heavy (non-hydrogen) atoms. The van der Waals surface area contributed by atoms with Gasteiger partial charge in [-0.1, -0.05) is 18.5 Å². The van der Waals surface area contributed by atoms with Crippen LogP contribution >= 0.6 is 11.6 Å². The first kappa shape index (κ1) is 18.6. The first-order valence-electron chi connectivity index (χ1n) is 7.50. The predicted octanol–water partition coefficient (Wildman–Crippen LogP) is 4.43. The normalized spacial score (nSPS) is 24.5. The van der Waals surface area contributed by atoms with E-state index in [4.69, 9.17) is 11.6 Å². The summed E-state index contributed by atoms with van der Waals surface area (Å²) in [6.45, 7) is 1.92. The number of benzene rings is 1. The fourth-order valence-corrected chi connectivity index (χ4v) is 3.25. The Bertz CT molecular complexity index is 648. The molecule has 132 valence electrons. The van der Waals surface area contributed by atoms with E-state index in [9.17, 15) is 27.9 Å². The van der Waals surface area contributed by atoms with Gasteiger partial charge in [0.15, 0.2) is 0 Å². The number of halogens is 4. The zero-order valence-electron chi connectivity index (χ0n) is 12.9. The first-order chi connectivity index (χ1) is 11.1. The smallest absolute Gasteiger partial charge is 0.417 e. The van der Waals surface area contributed by atoms with Crippen LogP contribution in [0.25, 0.3) is 0 Å². The van der Waals surface area contributed by atoms with E-state index in [2.05, 4.69) is 5.32 Å². The first-order valence-corrected chi connectivity index (χ1v) is 7.87. The summed E-state index contributed by atoms with van der Waals surface area (Å²) in [5, 5.41) is 11.2. The topological polar surface area (TPSA) is 66.4 Å². The number of anilines is 1. The van der Waals surface area contributed by atoms with Gasteiger partial charge >= 0.3 is 12.1 Å². The van der Waals surface area contributed by atoms with Gasteiger partial charge in [0.05, 0.1) is 22.4 Å². The van der Waals surface area contributed by atoms with Crippen LogP contribution in [-0.4, -0.2) is 17.0 Å². The minimum Gasteiger partial charge on any atom is -0.481 e. The lowest BCUT2D eigenvalue weighted by atomic mass is 9.74. The lowest BCUT2D eigenvalue weighted by Gasteiger charge is -2.31. The van der Waals surface area contributed by atoms with Gasteiger partial charge in [-0.3, -0.25) is 9.59 Å². The minimum atomic E-state index is -4.64. The van der Waals surface area contributed by atoms with Gasteiger partial charge in [0, 0.05) is 5.69 Å². The highest BCUT2D eigenvalue weighted by atomic mass is 35.5. The maximum Gasteiger partial charge on any atom is 0.417 e. The van der Waals surface area contributed by atoms with E-state index in [0.29, 0.717) is 19.3 Å². The predicted molar refractivity (Wildman–Crippen MR) is 82.7 cm³/mol. The van der Waals surface area contributed by atoms with Crippen molar-refractivity contribution in [2.24, 2.45) is 17.8 Å². The maximum atomic E-state index is 12.9. The summed E-state index contributed by atoms with van der Waals surface area (Å²) in [5.74, 6) is -3.03. The second-order valence-electron chi connectivity index (χ2n) is 6.15. The van der Waals surface area contributed by atoms with E-state index in [1.54, 1.807) is 0 Å². The average Bonchev–Trinajstić information content (AvgIpc) is 2.47. The van der Waals surface area contributed by atoms with Crippen LogP contribution in [0.3, 0.4) is 0 Å². The SMILES string of the molecule is CC1CCC(C(=O)Nc2ccc(Cl)c(C(F)(F)F)c2)C(C(=O)O)C1. The molecule has 1 saturated carbocycles. The van der Waals surface area contributed by atoms with Crippen LogP contribution < -0.4 is 5.32 Å². The summed E-state index contributed by atoms with van der Waals surface area (Å²) < 4.78 is 38.6. The molecule has 0 aliphatic heterocycles. The van der Waals surface area contributed by atoms with Crippen LogP contribution in [0.15, 0.2) is 18.2 Å².